The normalized spacial score (nSPS) is 10.5. The van der Waals surface area contributed by atoms with Crippen LogP contribution >= 0.6 is 0 Å². The molecule has 23 heavy (non-hydrogen) atoms. The van der Waals surface area contributed by atoms with Crippen molar-refractivity contribution in [1.29, 1.82) is 5.26 Å². The molecule has 0 bridgehead atoms. The number of rotatable bonds is 4. The monoisotopic (exact) mass is 312 g/mol. The molecule has 0 N–H and O–H groups in total. The first-order valence-corrected chi connectivity index (χ1v) is 6.73. The van der Waals surface area contributed by atoms with E-state index in [0.29, 0.717) is 11.6 Å². The highest BCUT2D eigenvalue weighted by Crippen LogP contribution is 2.26. The summed E-state index contributed by atoms with van der Waals surface area (Å²) in [5, 5.41) is 13.0. The van der Waals surface area contributed by atoms with Crippen LogP contribution in [0.15, 0.2) is 33.5 Å². The molecule has 0 aliphatic heterocycles. The van der Waals surface area contributed by atoms with E-state index in [9.17, 15) is 10.1 Å². The molecule has 0 fully saturated rings. The van der Waals surface area contributed by atoms with Crippen LogP contribution in [-0.4, -0.2) is 20.7 Å². The van der Waals surface area contributed by atoms with Crippen molar-refractivity contribution < 1.29 is 18.5 Å². The van der Waals surface area contributed by atoms with Gasteiger partial charge >= 0.3 is 5.97 Å². The second-order valence-electron chi connectivity index (χ2n) is 4.73. The fourth-order valence-electron chi connectivity index (χ4n) is 2.13. The SMILES string of the molecule is Cc1noc(COC(=O)c2c(C)oc(-n3cccc3)c2C#N)n1. The summed E-state index contributed by atoms with van der Waals surface area (Å²) >= 11 is 0. The summed E-state index contributed by atoms with van der Waals surface area (Å²) in [7, 11) is 0. The lowest BCUT2D eigenvalue weighted by molar-refractivity contribution is 0.0427. The van der Waals surface area contributed by atoms with Gasteiger partial charge < -0.3 is 13.7 Å². The van der Waals surface area contributed by atoms with Crippen LogP contribution in [0.2, 0.25) is 0 Å². The van der Waals surface area contributed by atoms with E-state index in [2.05, 4.69) is 10.1 Å². The molecule has 0 spiro atoms. The first kappa shape index (κ1) is 14.6. The number of nitriles is 1. The molecule has 3 rings (SSSR count). The van der Waals surface area contributed by atoms with Gasteiger partial charge in [0.2, 0.25) is 5.88 Å². The minimum absolute atomic E-state index is 0.0902. The van der Waals surface area contributed by atoms with E-state index in [1.807, 2.05) is 6.07 Å². The molecule has 0 aliphatic rings. The first-order valence-electron chi connectivity index (χ1n) is 6.73. The molecule has 0 amide bonds. The lowest BCUT2D eigenvalue weighted by atomic mass is 10.1. The Morgan fingerprint density at radius 3 is 2.74 bits per heavy atom. The predicted molar refractivity (Wildman–Crippen MR) is 75.6 cm³/mol. The van der Waals surface area contributed by atoms with Crippen molar-refractivity contribution in [2.45, 2.75) is 20.5 Å². The fraction of sp³-hybridized carbons (Fsp3) is 0.200. The molecule has 0 saturated carbocycles. The number of furan rings is 1. The Morgan fingerprint density at radius 2 is 2.13 bits per heavy atom. The van der Waals surface area contributed by atoms with Gasteiger partial charge in [0, 0.05) is 12.4 Å². The molecule has 8 nitrogen and oxygen atoms in total. The van der Waals surface area contributed by atoms with Crippen LogP contribution < -0.4 is 0 Å². The van der Waals surface area contributed by atoms with Crippen LogP contribution in [0.25, 0.3) is 5.88 Å². The summed E-state index contributed by atoms with van der Waals surface area (Å²) in [5.74, 6) is 0.522. The Kier molecular flexibility index (Phi) is 3.68. The number of esters is 1. The van der Waals surface area contributed by atoms with E-state index < -0.39 is 5.97 Å². The number of carbonyl (C=O) groups excluding carboxylic acids is 1. The number of ether oxygens (including phenoxy) is 1. The molecule has 116 valence electrons. The Balaban J connectivity index is 1.87. The van der Waals surface area contributed by atoms with Crippen LogP contribution in [-0.2, 0) is 11.3 Å². The summed E-state index contributed by atoms with van der Waals surface area (Å²) in [5.41, 5.74) is 0.206. The van der Waals surface area contributed by atoms with E-state index in [0.717, 1.165) is 0 Å². The number of hydrogen-bond acceptors (Lipinski definition) is 7. The number of aromatic nitrogens is 3. The van der Waals surface area contributed by atoms with Gasteiger partial charge in [-0.25, -0.2) is 4.79 Å². The number of aryl methyl sites for hydroxylation is 2. The van der Waals surface area contributed by atoms with Crippen molar-refractivity contribution in [2.24, 2.45) is 0 Å². The molecule has 3 heterocycles. The molecule has 0 saturated heterocycles. The molecular formula is C15H12N4O4. The molecule has 0 atom stereocenters. The Hall–Kier alpha value is -3.34. The van der Waals surface area contributed by atoms with Gasteiger partial charge in [-0.3, -0.25) is 4.57 Å². The molecule has 0 aliphatic carbocycles. The van der Waals surface area contributed by atoms with Crippen molar-refractivity contribution in [3.05, 3.63) is 53.1 Å². The molecule has 0 aromatic carbocycles. The Morgan fingerprint density at radius 1 is 1.39 bits per heavy atom. The van der Waals surface area contributed by atoms with Gasteiger partial charge in [-0.1, -0.05) is 5.16 Å². The van der Waals surface area contributed by atoms with Gasteiger partial charge in [-0.05, 0) is 26.0 Å². The van der Waals surface area contributed by atoms with Crippen molar-refractivity contribution >= 4 is 5.97 Å². The Labute approximate surface area is 130 Å². The maximum absolute atomic E-state index is 12.3. The average molecular weight is 312 g/mol. The van der Waals surface area contributed by atoms with Crippen molar-refractivity contribution in [1.82, 2.24) is 14.7 Å². The zero-order valence-electron chi connectivity index (χ0n) is 12.4. The fourth-order valence-corrected chi connectivity index (χ4v) is 2.13. The largest absolute Gasteiger partial charge is 0.452 e. The van der Waals surface area contributed by atoms with Gasteiger partial charge in [0.1, 0.15) is 23.0 Å². The molecular weight excluding hydrogens is 300 g/mol. The highest BCUT2D eigenvalue weighted by Gasteiger charge is 2.26. The summed E-state index contributed by atoms with van der Waals surface area (Å²) < 4.78 is 17.2. The highest BCUT2D eigenvalue weighted by atomic mass is 16.6. The molecule has 0 radical (unpaired) electrons. The minimum atomic E-state index is -0.683. The van der Waals surface area contributed by atoms with Gasteiger partial charge in [0.05, 0.1) is 0 Å². The van der Waals surface area contributed by atoms with Crippen molar-refractivity contribution in [3.63, 3.8) is 0 Å². The lowest BCUT2D eigenvalue weighted by Gasteiger charge is -2.01. The summed E-state index contributed by atoms with van der Waals surface area (Å²) in [6.45, 7) is 3.08. The van der Waals surface area contributed by atoms with Crippen LogP contribution in [0.4, 0.5) is 0 Å². The van der Waals surface area contributed by atoms with E-state index in [1.165, 1.54) is 0 Å². The summed E-state index contributed by atoms with van der Waals surface area (Å²) in [6.07, 6.45) is 3.44. The number of hydrogen-bond donors (Lipinski definition) is 0. The quantitative estimate of drug-likeness (QED) is 0.680. The third kappa shape index (κ3) is 2.72. The van der Waals surface area contributed by atoms with Gasteiger partial charge in [0.15, 0.2) is 12.4 Å². The molecule has 0 unspecified atom stereocenters. The maximum atomic E-state index is 12.3. The third-order valence-electron chi connectivity index (χ3n) is 3.12. The molecule has 3 aromatic heterocycles. The van der Waals surface area contributed by atoms with Crippen LogP contribution in [0.1, 0.15) is 33.4 Å². The second-order valence-corrected chi connectivity index (χ2v) is 4.73. The Bertz CT molecular complexity index is 883. The van der Waals surface area contributed by atoms with Crippen LogP contribution in [0.5, 0.6) is 0 Å². The first-order chi connectivity index (χ1) is 11.1. The van der Waals surface area contributed by atoms with Crippen molar-refractivity contribution in [2.75, 3.05) is 0 Å². The van der Waals surface area contributed by atoms with E-state index in [1.54, 1.807) is 42.9 Å². The standard InChI is InChI=1S/C15H12N4O4/c1-9-13(15(20)21-8-12-17-10(2)18-23-12)11(7-16)14(22-9)19-5-3-4-6-19/h3-6H,8H2,1-2H3. The third-order valence-corrected chi connectivity index (χ3v) is 3.12. The van der Waals surface area contributed by atoms with Gasteiger partial charge in [-0.15, -0.1) is 0 Å². The smallest absolute Gasteiger partial charge is 0.343 e. The van der Waals surface area contributed by atoms with E-state index >= 15 is 0 Å². The predicted octanol–water partition coefficient (Wildman–Crippen LogP) is 2.30. The topological polar surface area (TPSA) is 107 Å². The van der Waals surface area contributed by atoms with Crippen LogP contribution in [0, 0.1) is 25.2 Å². The minimum Gasteiger partial charge on any atom is -0.452 e. The van der Waals surface area contributed by atoms with E-state index in [4.69, 9.17) is 13.7 Å². The van der Waals surface area contributed by atoms with Gasteiger partial charge in [0.25, 0.3) is 5.89 Å². The number of nitrogens with zero attached hydrogens (tertiary/aromatic N) is 4. The average Bonchev–Trinajstić information content (AvgIpc) is 3.24. The lowest BCUT2D eigenvalue weighted by Crippen LogP contribution is -2.08. The summed E-state index contributed by atoms with van der Waals surface area (Å²) in [4.78, 5) is 16.2. The zero-order chi connectivity index (χ0) is 16.4. The van der Waals surface area contributed by atoms with Gasteiger partial charge in [-0.2, -0.15) is 10.2 Å². The van der Waals surface area contributed by atoms with Crippen LogP contribution in [0.3, 0.4) is 0 Å². The van der Waals surface area contributed by atoms with E-state index in [-0.39, 0.29) is 29.5 Å². The molecule has 8 heteroatoms. The van der Waals surface area contributed by atoms with Crippen molar-refractivity contribution in [3.8, 4) is 12.0 Å². The number of carbonyl (C=O) groups is 1. The zero-order valence-corrected chi connectivity index (χ0v) is 12.4. The second kappa shape index (κ2) is 5.81. The summed E-state index contributed by atoms with van der Waals surface area (Å²) in [6, 6.07) is 5.56. The highest BCUT2D eigenvalue weighted by molar-refractivity contribution is 5.94. The molecule has 3 aromatic rings. The maximum Gasteiger partial charge on any atom is 0.343 e.